The molecule has 0 saturated heterocycles. The van der Waals surface area contributed by atoms with Crippen molar-refractivity contribution in [2.24, 2.45) is 0 Å². The van der Waals surface area contributed by atoms with E-state index in [4.69, 9.17) is 4.55 Å². The molecule has 0 bridgehead atoms. The van der Waals surface area contributed by atoms with E-state index in [-0.39, 0.29) is 49.8 Å². The minimum absolute atomic E-state index is 0. The van der Waals surface area contributed by atoms with Gasteiger partial charge in [0.25, 0.3) is 0 Å². The van der Waals surface area contributed by atoms with Crippen LogP contribution in [-0.4, -0.2) is 62.8 Å². The SMILES string of the molecule is CCCCCCCCCCCCOS(=O)(=O)O.O.[CaH2]. The second-order valence-corrected chi connectivity index (χ2v) is 5.52. The molecule has 0 spiro atoms. The van der Waals surface area contributed by atoms with Crippen LogP contribution < -0.4 is 0 Å². The van der Waals surface area contributed by atoms with Crippen LogP contribution in [0.4, 0.5) is 0 Å². The molecule has 19 heavy (non-hydrogen) atoms. The van der Waals surface area contributed by atoms with E-state index in [1.54, 1.807) is 0 Å². The molecule has 0 fully saturated rings. The van der Waals surface area contributed by atoms with E-state index in [2.05, 4.69) is 11.1 Å². The van der Waals surface area contributed by atoms with Gasteiger partial charge in [-0.25, -0.2) is 4.18 Å². The second kappa shape index (κ2) is 17.1. The summed E-state index contributed by atoms with van der Waals surface area (Å²) in [5.74, 6) is 0. The molecule has 0 aromatic rings. The fourth-order valence-corrected chi connectivity index (χ4v) is 2.08. The molecular formula is C12H30CaO5S. The predicted molar refractivity (Wildman–Crippen MR) is 81.5 cm³/mol. The van der Waals surface area contributed by atoms with Crippen molar-refractivity contribution in [3.8, 4) is 0 Å². The molecule has 0 amide bonds. The Morgan fingerprint density at radius 3 is 1.58 bits per heavy atom. The van der Waals surface area contributed by atoms with Crippen molar-refractivity contribution in [1.29, 1.82) is 0 Å². The first-order chi connectivity index (χ1) is 8.06. The third-order valence-corrected chi connectivity index (χ3v) is 3.19. The zero-order valence-corrected chi connectivity index (χ0v) is 12.2. The van der Waals surface area contributed by atoms with Crippen molar-refractivity contribution in [3.05, 3.63) is 0 Å². The van der Waals surface area contributed by atoms with E-state index in [9.17, 15) is 8.42 Å². The van der Waals surface area contributed by atoms with Crippen LogP contribution >= 0.6 is 0 Å². The van der Waals surface area contributed by atoms with Gasteiger partial charge in [0.15, 0.2) is 0 Å². The molecule has 0 heterocycles. The summed E-state index contributed by atoms with van der Waals surface area (Å²) >= 11 is 0. The van der Waals surface area contributed by atoms with Crippen LogP contribution in [0.2, 0.25) is 0 Å². The van der Waals surface area contributed by atoms with Crippen molar-refractivity contribution in [3.63, 3.8) is 0 Å². The van der Waals surface area contributed by atoms with Gasteiger partial charge in [-0.3, -0.25) is 4.55 Å². The summed E-state index contributed by atoms with van der Waals surface area (Å²) in [4.78, 5) is 0. The first-order valence-electron chi connectivity index (χ1n) is 6.68. The zero-order valence-electron chi connectivity index (χ0n) is 11.4. The monoisotopic (exact) mass is 326 g/mol. The summed E-state index contributed by atoms with van der Waals surface area (Å²) in [7, 11) is -4.23. The summed E-state index contributed by atoms with van der Waals surface area (Å²) in [5.41, 5.74) is 0. The van der Waals surface area contributed by atoms with Gasteiger partial charge in [0.1, 0.15) is 0 Å². The molecule has 0 rings (SSSR count). The fraction of sp³-hybridized carbons (Fsp3) is 1.00. The molecule has 0 saturated carbocycles. The van der Waals surface area contributed by atoms with Gasteiger partial charge in [-0.2, -0.15) is 8.42 Å². The fourth-order valence-electron chi connectivity index (χ4n) is 1.75. The minimum atomic E-state index is -4.23. The normalized spacial score (nSPS) is 10.6. The maximum absolute atomic E-state index is 10.2. The van der Waals surface area contributed by atoms with Gasteiger partial charge in [0.2, 0.25) is 0 Å². The van der Waals surface area contributed by atoms with Crippen LogP contribution in [0.5, 0.6) is 0 Å². The Morgan fingerprint density at radius 2 is 1.21 bits per heavy atom. The number of unbranched alkanes of at least 4 members (excludes halogenated alkanes) is 9. The van der Waals surface area contributed by atoms with E-state index in [1.807, 2.05) is 0 Å². The molecule has 0 aliphatic carbocycles. The Hall–Kier alpha value is 1.09. The Balaban J connectivity index is -0.00000128. The zero-order chi connectivity index (χ0) is 13.0. The average molecular weight is 327 g/mol. The van der Waals surface area contributed by atoms with Crippen LogP contribution in [0, 0.1) is 0 Å². The molecule has 0 aromatic heterocycles. The summed E-state index contributed by atoms with van der Waals surface area (Å²) in [6.45, 7) is 2.31. The van der Waals surface area contributed by atoms with E-state index >= 15 is 0 Å². The van der Waals surface area contributed by atoms with Gasteiger partial charge in [-0.1, -0.05) is 64.7 Å². The van der Waals surface area contributed by atoms with E-state index in [0.29, 0.717) is 6.42 Å². The summed E-state index contributed by atoms with van der Waals surface area (Å²) in [6, 6.07) is 0. The van der Waals surface area contributed by atoms with Crippen LogP contribution in [0.3, 0.4) is 0 Å². The first kappa shape index (κ1) is 25.1. The molecule has 0 unspecified atom stereocenters. The van der Waals surface area contributed by atoms with Crippen molar-refractivity contribution in [2.75, 3.05) is 6.61 Å². The second-order valence-electron chi connectivity index (χ2n) is 4.43. The van der Waals surface area contributed by atoms with Gasteiger partial charge >= 0.3 is 48.1 Å². The quantitative estimate of drug-likeness (QED) is 0.337. The molecule has 0 atom stereocenters. The molecule has 7 heteroatoms. The van der Waals surface area contributed by atoms with Gasteiger partial charge in [0, 0.05) is 0 Å². The molecule has 3 N–H and O–H groups in total. The standard InChI is InChI=1S/C12H26O4S.Ca.H2O.2H/c1-2-3-4-5-6-7-8-9-10-11-12-16-17(13,14)15;;;;/h2-12H2,1H3,(H,13,14,15);;1H2;;. The van der Waals surface area contributed by atoms with Crippen molar-refractivity contribution < 1.29 is 22.6 Å². The molecular weight excluding hydrogens is 296 g/mol. The summed E-state index contributed by atoms with van der Waals surface area (Å²) in [5, 5.41) is 0. The Morgan fingerprint density at radius 1 is 0.842 bits per heavy atom. The van der Waals surface area contributed by atoms with Crippen molar-refractivity contribution in [1.82, 2.24) is 0 Å². The number of rotatable bonds is 12. The third-order valence-electron chi connectivity index (χ3n) is 2.73. The molecule has 0 aliphatic rings. The van der Waals surface area contributed by atoms with E-state index in [0.717, 1.165) is 12.8 Å². The first-order valence-corrected chi connectivity index (χ1v) is 8.04. The summed E-state index contributed by atoms with van der Waals surface area (Å²) < 4.78 is 33.0. The topological polar surface area (TPSA) is 95.1 Å². The van der Waals surface area contributed by atoms with E-state index < -0.39 is 10.4 Å². The number of hydrogen-bond acceptors (Lipinski definition) is 3. The van der Waals surface area contributed by atoms with Gasteiger partial charge in [0.05, 0.1) is 6.61 Å². The van der Waals surface area contributed by atoms with Gasteiger partial charge < -0.3 is 5.48 Å². The van der Waals surface area contributed by atoms with E-state index in [1.165, 1.54) is 44.9 Å². The third kappa shape index (κ3) is 24.5. The summed E-state index contributed by atoms with van der Waals surface area (Å²) in [6.07, 6.45) is 11.9. The van der Waals surface area contributed by atoms with Crippen LogP contribution in [-0.2, 0) is 14.6 Å². The maximum atomic E-state index is 10.2. The van der Waals surface area contributed by atoms with Crippen LogP contribution in [0.15, 0.2) is 0 Å². The predicted octanol–water partition coefficient (Wildman–Crippen LogP) is 1.99. The molecule has 0 aromatic carbocycles. The molecule has 5 nitrogen and oxygen atoms in total. The number of hydrogen-bond donors (Lipinski definition) is 1. The van der Waals surface area contributed by atoms with Crippen molar-refractivity contribution >= 4 is 48.1 Å². The van der Waals surface area contributed by atoms with Gasteiger partial charge in [-0.05, 0) is 6.42 Å². The van der Waals surface area contributed by atoms with Crippen LogP contribution in [0.25, 0.3) is 0 Å². The van der Waals surface area contributed by atoms with Crippen molar-refractivity contribution in [2.45, 2.75) is 71.1 Å². The molecule has 116 valence electrons. The Bertz CT molecular complexity index is 257. The molecule has 0 aliphatic heterocycles. The molecule has 0 radical (unpaired) electrons. The van der Waals surface area contributed by atoms with Gasteiger partial charge in [-0.15, -0.1) is 0 Å². The van der Waals surface area contributed by atoms with Crippen LogP contribution in [0.1, 0.15) is 71.1 Å². The Kier molecular flexibility index (Phi) is 22.6. The average Bonchev–Trinajstić information content (AvgIpc) is 2.24. The Labute approximate surface area is 147 Å².